The smallest absolute Gasteiger partial charge is 0.414 e. The van der Waals surface area contributed by atoms with E-state index in [-0.39, 0.29) is 25.2 Å². The maximum atomic E-state index is 13.0. The van der Waals surface area contributed by atoms with Gasteiger partial charge in [0.2, 0.25) is 24.4 Å². The van der Waals surface area contributed by atoms with Crippen LogP contribution in [0.3, 0.4) is 0 Å². The molecule has 3 heterocycles. The van der Waals surface area contributed by atoms with E-state index in [1.54, 1.807) is 26.4 Å². The van der Waals surface area contributed by atoms with Crippen molar-refractivity contribution in [1.82, 2.24) is 25.1 Å². The molecule has 0 spiro atoms. The third-order valence-electron chi connectivity index (χ3n) is 9.28. The molecule has 0 atom stereocenters. The van der Waals surface area contributed by atoms with Crippen LogP contribution in [0.4, 0.5) is 16.4 Å². The minimum Gasteiger partial charge on any atom is -0.493 e. The minimum absolute atomic E-state index is 0.0733. The molecule has 51 heavy (non-hydrogen) atoms. The van der Waals surface area contributed by atoms with Gasteiger partial charge in [0.05, 0.1) is 26.5 Å². The highest BCUT2D eigenvalue weighted by Gasteiger charge is 2.19. The normalized spacial score (nSPS) is 14.2. The Morgan fingerprint density at radius 3 is 2.45 bits per heavy atom. The number of likely N-dealkylation sites (N-methyl/N-ethyl adjacent to an activating group) is 1. The maximum Gasteiger partial charge on any atom is 0.414 e. The number of nitrogens with zero attached hydrogens (tertiary/aromatic N) is 4. The van der Waals surface area contributed by atoms with E-state index in [9.17, 15) is 4.79 Å². The molecule has 270 valence electrons. The Kier molecular flexibility index (Phi) is 11.3. The lowest BCUT2D eigenvalue weighted by molar-refractivity contribution is 0.145. The van der Waals surface area contributed by atoms with Gasteiger partial charge in [0.25, 0.3) is 0 Å². The molecule has 1 aromatic heterocycles. The van der Waals surface area contributed by atoms with Crippen LogP contribution >= 0.6 is 0 Å². The zero-order valence-electron chi connectivity index (χ0n) is 30.1. The van der Waals surface area contributed by atoms with Gasteiger partial charge in [-0.05, 0) is 68.6 Å². The number of benzene rings is 3. The number of nitrogens with one attached hydrogen (secondary N) is 2. The predicted octanol–water partition coefficient (Wildman–Crippen LogP) is 5.86. The van der Waals surface area contributed by atoms with Gasteiger partial charge in [-0.3, -0.25) is 0 Å². The summed E-state index contributed by atoms with van der Waals surface area (Å²) < 4.78 is 34.1. The molecule has 13 heteroatoms. The van der Waals surface area contributed by atoms with Crippen molar-refractivity contribution in [2.75, 3.05) is 72.7 Å². The first-order valence-electron chi connectivity index (χ1n) is 17.1. The lowest BCUT2D eigenvalue weighted by Gasteiger charge is -2.32. The van der Waals surface area contributed by atoms with Crippen LogP contribution in [0.15, 0.2) is 48.5 Å². The molecule has 4 aromatic rings. The van der Waals surface area contributed by atoms with Crippen LogP contribution in [0.5, 0.6) is 34.6 Å². The molecule has 0 unspecified atom stereocenters. The SMILES string of the molecule is COc1cc(Nc2nc(OC(=O)NCc3ccc4c(c3)OCO4)cc(-c3ccc(C)c(C)c3C)n2)cc(OCCCN2CCN(C)CC2)c1OC. The molecular weight excluding hydrogens is 652 g/mol. The molecule has 13 nitrogen and oxygen atoms in total. The fourth-order valence-electron chi connectivity index (χ4n) is 6.04. The van der Waals surface area contributed by atoms with Crippen LogP contribution in [0.1, 0.15) is 28.7 Å². The van der Waals surface area contributed by atoms with Gasteiger partial charge in [-0.1, -0.05) is 18.2 Å². The van der Waals surface area contributed by atoms with Gasteiger partial charge in [-0.15, -0.1) is 0 Å². The van der Waals surface area contributed by atoms with Crippen molar-refractivity contribution < 1.29 is 33.2 Å². The summed E-state index contributed by atoms with van der Waals surface area (Å²) in [6, 6.07) is 14.8. The summed E-state index contributed by atoms with van der Waals surface area (Å²) in [6.45, 7) is 12.3. The largest absolute Gasteiger partial charge is 0.493 e. The first kappa shape index (κ1) is 35.6. The van der Waals surface area contributed by atoms with E-state index >= 15 is 0 Å². The highest BCUT2D eigenvalue weighted by atomic mass is 16.7. The van der Waals surface area contributed by atoms with Crippen molar-refractivity contribution in [2.45, 2.75) is 33.7 Å². The van der Waals surface area contributed by atoms with Crippen LogP contribution in [0.2, 0.25) is 0 Å². The number of methoxy groups -OCH3 is 2. The molecule has 1 fully saturated rings. The number of piperazine rings is 1. The van der Waals surface area contributed by atoms with Gasteiger partial charge in [0.1, 0.15) is 0 Å². The molecule has 1 saturated heterocycles. The number of hydrogen-bond donors (Lipinski definition) is 2. The Hall–Kier alpha value is -5.27. The zero-order valence-corrected chi connectivity index (χ0v) is 30.1. The molecule has 2 aliphatic rings. The standard InChI is InChI=1S/C38H46N6O7/c1-24-8-10-29(26(3)25(24)2)30-21-35(51-38(45)39-22-27-9-11-31-32(18-27)50-23-49-31)42-37(41-30)40-28-19-33(46-5)36(47-6)34(20-28)48-17-7-12-44-15-13-43(4)14-16-44/h8-11,18-21H,7,12-17,22-23H2,1-6H3,(H,39,45)(H,40,41,42). The van der Waals surface area contributed by atoms with Crippen LogP contribution in [0.25, 0.3) is 11.3 Å². The number of carbonyl (C=O) groups is 1. The molecule has 0 aliphatic carbocycles. The van der Waals surface area contributed by atoms with Crippen LogP contribution < -0.4 is 39.1 Å². The Bertz CT molecular complexity index is 1860. The number of carbonyl (C=O) groups excluding carboxylic acids is 1. The van der Waals surface area contributed by atoms with E-state index < -0.39 is 6.09 Å². The van der Waals surface area contributed by atoms with Crippen molar-refractivity contribution in [3.63, 3.8) is 0 Å². The molecule has 3 aromatic carbocycles. The molecule has 6 rings (SSSR count). The average Bonchev–Trinajstić information content (AvgIpc) is 3.60. The Labute approximate surface area is 298 Å². The molecule has 2 aliphatic heterocycles. The van der Waals surface area contributed by atoms with E-state index in [1.807, 2.05) is 43.3 Å². The number of hydrogen-bond acceptors (Lipinski definition) is 12. The fourth-order valence-corrected chi connectivity index (χ4v) is 6.04. The average molecular weight is 699 g/mol. The number of amides is 1. The molecular formula is C38H46N6O7. The van der Waals surface area contributed by atoms with Crippen LogP contribution in [0, 0.1) is 20.8 Å². The number of rotatable bonds is 13. The number of fused-ring (bicyclic) bond motifs is 1. The summed E-state index contributed by atoms with van der Waals surface area (Å²) in [5, 5.41) is 6.07. The lowest BCUT2D eigenvalue weighted by atomic mass is 9.97. The van der Waals surface area contributed by atoms with Gasteiger partial charge in [0, 0.05) is 68.7 Å². The highest BCUT2D eigenvalue weighted by Crippen LogP contribution is 2.41. The summed E-state index contributed by atoms with van der Waals surface area (Å²) in [5.74, 6) is 3.10. The first-order chi connectivity index (χ1) is 24.7. The van der Waals surface area contributed by atoms with Crippen molar-refractivity contribution in [3.8, 4) is 45.9 Å². The molecule has 1 amide bonds. The van der Waals surface area contributed by atoms with Crippen molar-refractivity contribution in [3.05, 3.63) is 70.8 Å². The fraction of sp³-hybridized carbons (Fsp3) is 0.395. The summed E-state index contributed by atoms with van der Waals surface area (Å²) >= 11 is 0. The zero-order chi connectivity index (χ0) is 35.9. The highest BCUT2D eigenvalue weighted by molar-refractivity contribution is 5.73. The predicted molar refractivity (Wildman–Crippen MR) is 194 cm³/mol. The van der Waals surface area contributed by atoms with Gasteiger partial charge in [0.15, 0.2) is 23.0 Å². The summed E-state index contributed by atoms with van der Waals surface area (Å²) in [6.07, 6.45) is 0.198. The third kappa shape index (κ3) is 8.73. The summed E-state index contributed by atoms with van der Waals surface area (Å²) in [7, 11) is 5.32. The number of aryl methyl sites for hydroxylation is 1. The Balaban J connectivity index is 1.22. The summed E-state index contributed by atoms with van der Waals surface area (Å²) in [5.41, 5.74) is 6.31. The Morgan fingerprint density at radius 1 is 0.882 bits per heavy atom. The van der Waals surface area contributed by atoms with Gasteiger partial charge >= 0.3 is 6.09 Å². The summed E-state index contributed by atoms with van der Waals surface area (Å²) in [4.78, 5) is 27.2. The van der Waals surface area contributed by atoms with Gasteiger partial charge in [-0.25, -0.2) is 9.78 Å². The number of aromatic nitrogens is 2. The lowest BCUT2D eigenvalue weighted by Crippen LogP contribution is -2.44. The first-order valence-corrected chi connectivity index (χ1v) is 17.1. The molecule has 0 radical (unpaired) electrons. The Morgan fingerprint density at radius 2 is 1.67 bits per heavy atom. The quantitative estimate of drug-likeness (QED) is 0.162. The number of ether oxygens (including phenoxy) is 6. The minimum atomic E-state index is -0.668. The monoisotopic (exact) mass is 698 g/mol. The van der Waals surface area contributed by atoms with Gasteiger partial charge < -0.3 is 48.9 Å². The van der Waals surface area contributed by atoms with Crippen molar-refractivity contribution in [2.24, 2.45) is 0 Å². The van der Waals surface area contributed by atoms with Crippen molar-refractivity contribution >= 4 is 17.7 Å². The molecule has 0 saturated carbocycles. The van der Waals surface area contributed by atoms with Crippen molar-refractivity contribution in [1.29, 1.82) is 0 Å². The van der Waals surface area contributed by atoms with E-state index in [2.05, 4.69) is 46.3 Å². The van der Waals surface area contributed by atoms with Crippen LogP contribution in [-0.2, 0) is 6.54 Å². The third-order valence-corrected chi connectivity index (χ3v) is 9.28. The molecule has 2 N–H and O–H groups in total. The second-order valence-corrected chi connectivity index (χ2v) is 12.7. The number of anilines is 2. The van der Waals surface area contributed by atoms with E-state index in [0.29, 0.717) is 46.7 Å². The second-order valence-electron chi connectivity index (χ2n) is 12.7. The van der Waals surface area contributed by atoms with E-state index in [1.165, 1.54) is 5.56 Å². The van der Waals surface area contributed by atoms with Gasteiger partial charge in [-0.2, -0.15) is 4.98 Å². The van der Waals surface area contributed by atoms with E-state index in [0.717, 1.165) is 61.4 Å². The topological polar surface area (TPSA) is 129 Å². The maximum absolute atomic E-state index is 13.0. The van der Waals surface area contributed by atoms with Crippen LogP contribution in [-0.4, -0.2) is 93.3 Å². The molecule has 0 bridgehead atoms. The second kappa shape index (κ2) is 16.2. The van der Waals surface area contributed by atoms with E-state index in [4.69, 9.17) is 33.4 Å².